The number of rotatable bonds is 11. The van der Waals surface area contributed by atoms with Crippen LogP contribution in [0.3, 0.4) is 0 Å². The predicted molar refractivity (Wildman–Crippen MR) is 187 cm³/mol. The highest BCUT2D eigenvalue weighted by Gasteiger charge is 2.49. The number of amides is 4. The Bertz CT molecular complexity index is 1820. The zero-order valence-corrected chi connectivity index (χ0v) is 29.3. The third kappa shape index (κ3) is 7.37. The summed E-state index contributed by atoms with van der Waals surface area (Å²) in [7, 11) is 0. The second-order valence-corrected chi connectivity index (χ2v) is 15.1. The molecule has 272 valence electrons. The fourth-order valence-corrected chi connectivity index (χ4v) is 8.43. The number of carbonyl (C=O) groups excluding carboxylic acids is 5. The summed E-state index contributed by atoms with van der Waals surface area (Å²) >= 11 is 0. The van der Waals surface area contributed by atoms with Crippen LogP contribution in [0, 0.1) is 5.92 Å². The minimum absolute atomic E-state index is 0.0286. The molecule has 3 fully saturated rings. The molecule has 3 aliphatic rings. The number of benzene rings is 1. The van der Waals surface area contributed by atoms with E-state index in [2.05, 4.69) is 15.6 Å². The quantitative estimate of drug-likeness (QED) is 0.216. The highest BCUT2D eigenvalue weighted by molar-refractivity contribution is 6.39. The maximum absolute atomic E-state index is 15.2. The molecule has 14 heteroatoms. The highest BCUT2D eigenvalue weighted by atomic mass is 16.3. The number of hydrogen-bond donors (Lipinski definition) is 4. The van der Waals surface area contributed by atoms with Gasteiger partial charge in [-0.05, 0) is 51.2 Å². The van der Waals surface area contributed by atoms with Gasteiger partial charge in [-0.2, -0.15) is 0 Å². The van der Waals surface area contributed by atoms with E-state index in [1.807, 2.05) is 24.3 Å². The van der Waals surface area contributed by atoms with Crippen molar-refractivity contribution in [3.05, 3.63) is 53.5 Å². The molecule has 2 aliphatic carbocycles. The second-order valence-electron chi connectivity index (χ2n) is 15.1. The maximum atomic E-state index is 15.2. The molecule has 6 rings (SSSR count). The SMILES string of the molecule is CC(C)(O)c1cnnn1[C@H]1C[C@@H](C(=O)NC2(C(=O)C(N)=O)CCCCC2)N(C(=O)[C@H](CC2CCCCC2)c2nc3ccccc3cc2C(N)=O)C1. The largest absolute Gasteiger partial charge is 0.384 e. The van der Waals surface area contributed by atoms with Gasteiger partial charge in [-0.1, -0.05) is 74.8 Å². The maximum Gasteiger partial charge on any atom is 0.287 e. The van der Waals surface area contributed by atoms with Crippen LogP contribution in [-0.4, -0.2) is 77.5 Å². The van der Waals surface area contributed by atoms with Crippen molar-refractivity contribution in [1.29, 1.82) is 0 Å². The van der Waals surface area contributed by atoms with Crippen LogP contribution < -0.4 is 16.8 Å². The molecule has 1 aliphatic heterocycles. The Balaban J connectivity index is 1.43. The Labute approximate surface area is 296 Å². The zero-order chi connectivity index (χ0) is 36.5. The predicted octanol–water partition coefficient (Wildman–Crippen LogP) is 2.92. The van der Waals surface area contributed by atoms with Crippen LogP contribution >= 0.6 is 0 Å². The van der Waals surface area contributed by atoms with E-state index in [9.17, 15) is 24.3 Å². The van der Waals surface area contributed by atoms with Crippen LogP contribution in [0.25, 0.3) is 10.9 Å². The van der Waals surface area contributed by atoms with Crippen molar-refractivity contribution in [2.24, 2.45) is 17.4 Å². The number of aliphatic hydroxyl groups is 1. The van der Waals surface area contributed by atoms with Gasteiger partial charge in [0, 0.05) is 18.4 Å². The average Bonchev–Trinajstić information content (AvgIpc) is 3.79. The van der Waals surface area contributed by atoms with E-state index < -0.39 is 58.6 Å². The highest BCUT2D eigenvalue weighted by Crippen LogP contribution is 2.39. The van der Waals surface area contributed by atoms with Gasteiger partial charge >= 0.3 is 0 Å². The molecule has 4 amide bonds. The average molecular weight is 701 g/mol. The Morgan fingerprint density at radius 3 is 2.37 bits per heavy atom. The normalized spacial score (nSPS) is 21.7. The number of hydrogen-bond acceptors (Lipinski definition) is 9. The number of ketones is 1. The van der Waals surface area contributed by atoms with Crippen molar-refractivity contribution in [2.45, 2.75) is 120 Å². The topological polar surface area (TPSA) is 216 Å². The summed E-state index contributed by atoms with van der Waals surface area (Å²) in [6.45, 7) is 3.23. The Morgan fingerprint density at radius 1 is 1.02 bits per heavy atom. The lowest BCUT2D eigenvalue weighted by Gasteiger charge is -2.38. The molecule has 0 radical (unpaired) electrons. The standard InChI is InChI=1S/C37H48N8O6/c1-36(2,51)29-20-40-43-45(29)24-19-28(34(49)42-37(31(46)33(39)48)15-9-4-10-16-37)44(21-24)35(50)26(17-22-11-5-3-6-12-22)30-25(32(38)47)18-23-13-7-8-14-27(23)41-30/h7-8,13-14,18,20,22,24,26,28,51H,3-6,9-12,15-17,19,21H2,1-2H3,(H2,38,47)(H2,39,48)(H,42,49)/t24-,26+,28-/m0/s1. The number of primary amides is 2. The molecule has 3 heterocycles. The van der Waals surface area contributed by atoms with Crippen LogP contribution in [0.1, 0.15) is 125 Å². The minimum atomic E-state index is -1.47. The molecule has 1 aromatic carbocycles. The first-order chi connectivity index (χ1) is 24.3. The third-order valence-electron chi connectivity index (χ3n) is 11.1. The molecule has 2 aromatic heterocycles. The summed E-state index contributed by atoms with van der Waals surface area (Å²) in [6, 6.07) is 7.32. The van der Waals surface area contributed by atoms with E-state index in [-0.39, 0.29) is 43.0 Å². The van der Waals surface area contributed by atoms with Gasteiger partial charge in [0.15, 0.2) is 0 Å². The van der Waals surface area contributed by atoms with E-state index in [0.29, 0.717) is 35.9 Å². The van der Waals surface area contributed by atoms with Gasteiger partial charge in [-0.3, -0.25) is 29.0 Å². The summed E-state index contributed by atoms with van der Waals surface area (Å²) in [5, 5.41) is 22.8. The number of nitrogens with zero attached hydrogens (tertiary/aromatic N) is 5. The van der Waals surface area contributed by atoms with Gasteiger partial charge in [0.2, 0.25) is 17.6 Å². The fraction of sp³-hybridized carbons (Fsp3) is 0.568. The van der Waals surface area contributed by atoms with Crippen molar-refractivity contribution in [3.8, 4) is 0 Å². The van der Waals surface area contributed by atoms with Gasteiger partial charge in [-0.15, -0.1) is 5.10 Å². The Morgan fingerprint density at radius 2 is 1.71 bits per heavy atom. The molecule has 6 N–H and O–H groups in total. The fourth-order valence-electron chi connectivity index (χ4n) is 8.43. The first kappa shape index (κ1) is 36.1. The summed E-state index contributed by atoms with van der Waals surface area (Å²) in [5.41, 5.74) is 10.0. The number of carbonyl (C=O) groups is 5. The molecule has 2 saturated carbocycles. The molecule has 3 atom stereocenters. The molecule has 51 heavy (non-hydrogen) atoms. The Kier molecular flexibility index (Phi) is 10.3. The smallest absolute Gasteiger partial charge is 0.287 e. The van der Waals surface area contributed by atoms with Gasteiger partial charge < -0.3 is 26.8 Å². The van der Waals surface area contributed by atoms with Crippen LogP contribution in [0.5, 0.6) is 0 Å². The van der Waals surface area contributed by atoms with E-state index in [1.54, 1.807) is 19.9 Å². The number of para-hydroxylation sites is 1. The van der Waals surface area contributed by atoms with E-state index in [1.165, 1.54) is 15.8 Å². The Hall–Kier alpha value is -4.72. The second kappa shape index (κ2) is 14.5. The molecule has 0 bridgehead atoms. The van der Waals surface area contributed by atoms with Crippen molar-refractivity contribution in [2.75, 3.05) is 6.54 Å². The first-order valence-corrected chi connectivity index (χ1v) is 18.1. The number of Topliss-reactive ketones (excluding diaryl/α,β-unsaturated/α-hetero) is 1. The first-order valence-electron chi connectivity index (χ1n) is 18.1. The third-order valence-corrected chi connectivity index (χ3v) is 11.1. The molecule has 0 unspecified atom stereocenters. The van der Waals surface area contributed by atoms with Crippen LogP contribution in [0.2, 0.25) is 0 Å². The molecular formula is C37H48N8O6. The lowest BCUT2D eigenvalue weighted by Crippen LogP contribution is -2.62. The van der Waals surface area contributed by atoms with Crippen molar-refractivity contribution < 1.29 is 29.1 Å². The van der Waals surface area contributed by atoms with Crippen LogP contribution in [0.15, 0.2) is 36.5 Å². The summed E-state index contributed by atoms with van der Waals surface area (Å²) in [5.74, 6) is -4.41. The minimum Gasteiger partial charge on any atom is -0.384 e. The van der Waals surface area contributed by atoms with Crippen LogP contribution in [-0.2, 0) is 24.8 Å². The molecule has 14 nitrogen and oxygen atoms in total. The number of nitrogens with one attached hydrogen (secondary N) is 1. The number of fused-ring (bicyclic) bond motifs is 1. The molecule has 1 saturated heterocycles. The number of likely N-dealkylation sites (tertiary alicyclic amines) is 1. The number of nitrogens with two attached hydrogens (primary N) is 2. The van der Waals surface area contributed by atoms with Crippen molar-refractivity contribution >= 4 is 40.3 Å². The number of pyridine rings is 1. The summed E-state index contributed by atoms with van der Waals surface area (Å²) < 4.78 is 1.54. The van der Waals surface area contributed by atoms with Gasteiger partial charge in [0.25, 0.3) is 11.8 Å². The van der Waals surface area contributed by atoms with E-state index >= 15 is 4.79 Å². The van der Waals surface area contributed by atoms with Gasteiger partial charge in [0.1, 0.15) is 17.2 Å². The van der Waals surface area contributed by atoms with Crippen LogP contribution in [0.4, 0.5) is 0 Å². The summed E-state index contributed by atoms with van der Waals surface area (Å²) in [6.07, 6.45) is 9.54. The van der Waals surface area contributed by atoms with E-state index in [0.717, 1.165) is 38.5 Å². The van der Waals surface area contributed by atoms with Gasteiger partial charge in [-0.25, -0.2) is 4.68 Å². The lowest BCUT2D eigenvalue weighted by atomic mass is 9.78. The van der Waals surface area contributed by atoms with E-state index in [4.69, 9.17) is 16.5 Å². The molecular weight excluding hydrogens is 652 g/mol. The molecule has 3 aromatic rings. The number of aromatic nitrogens is 4. The zero-order valence-electron chi connectivity index (χ0n) is 29.3. The summed E-state index contributed by atoms with van der Waals surface area (Å²) in [4.78, 5) is 74.4. The van der Waals surface area contributed by atoms with Crippen molar-refractivity contribution in [1.82, 2.24) is 30.2 Å². The lowest BCUT2D eigenvalue weighted by molar-refractivity contribution is -0.145. The monoisotopic (exact) mass is 700 g/mol. The molecule has 0 spiro atoms. The van der Waals surface area contributed by atoms with Crippen molar-refractivity contribution in [3.63, 3.8) is 0 Å². The van der Waals surface area contributed by atoms with Gasteiger partial charge in [0.05, 0.1) is 40.6 Å².